The zero-order chi connectivity index (χ0) is 53.6. The summed E-state index contributed by atoms with van der Waals surface area (Å²) in [5.74, 6) is -0.0394. The highest BCUT2D eigenvalue weighted by Crippen LogP contribution is 2.19. The predicted octanol–water partition coefficient (Wildman–Crippen LogP) is 21.6. The van der Waals surface area contributed by atoms with Gasteiger partial charge in [-0.2, -0.15) is 0 Å². The van der Waals surface area contributed by atoms with Gasteiger partial charge in [0.15, 0.2) is 0 Å². The van der Waals surface area contributed by atoms with Gasteiger partial charge in [0.1, 0.15) is 0 Å². The SMILES string of the molecule is CCCCCCCCCCCCCCCCCCCCCCCCCCCC(O)C(CO)NC(=O)CCCCCCCCC/C=C\CCCCCCCCOC(=O)CCCCCCCCCCCCCCCCC. The fourth-order valence-electron chi connectivity index (χ4n) is 10.9. The van der Waals surface area contributed by atoms with Crippen molar-refractivity contribution in [3.63, 3.8) is 0 Å². The fraction of sp³-hybridized carbons (Fsp3) is 0.941. The summed E-state index contributed by atoms with van der Waals surface area (Å²) in [7, 11) is 0. The van der Waals surface area contributed by atoms with Crippen molar-refractivity contribution in [3.05, 3.63) is 12.2 Å². The van der Waals surface area contributed by atoms with Crippen LogP contribution in [0, 0.1) is 0 Å². The van der Waals surface area contributed by atoms with Gasteiger partial charge in [-0.05, 0) is 51.4 Å². The minimum absolute atomic E-state index is 0.00248. The summed E-state index contributed by atoms with van der Waals surface area (Å²) in [6.07, 6.45) is 78.1. The molecule has 0 aromatic heterocycles. The minimum atomic E-state index is -0.673. The lowest BCUT2D eigenvalue weighted by atomic mass is 10.0. The quantitative estimate of drug-likeness (QED) is 0.0320. The number of rotatable bonds is 64. The van der Waals surface area contributed by atoms with E-state index in [-0.39, 0.29) is 18.5 Å². The van der Waals surface area contributed by atoms with Gasteiger partial charge < -0.3 is 20.3 Å². The fourth-order valence-corrected chi connectivity index (χ4v) is 10.9. The molecule has 0 aliphatic rings. The summed E-state index contributed by atoms with van der Waals surface area (Å²) >= 11 is 0. The Morgan fingerprint density at radius 3 is 0.959 bits per heavy atom. The average Bonchev–Trinajstić information content (AvgIpc) is 3.40. The number of aliphatic hydroxyl groups is 2. The van der Waals surface area contributed by atoms with E-state index in [0.29, 0.717) is 25.9 Å². The Morgan fingerprint density at radius 1 is 0.365 bits per heavy atom. The van der Waals surface area contributed by atoms with Gasteiger partial charge in [0, 0.05) is 12.8 Å². The zero-order valence-electron chi connectivity index (χ0n) is 50.4. The van der Waals surface area contributed by atoms with Gasteiger partial charge in [-0.3, -0.25) is 9.59 Å². The maximum absolute atomic E-state index is 12.5. The van der Waals surface area contributed by atoms with Crippen LogP contribution in [0.5, 0.6) is 0 Å². The molecule has 6 nitrogen and oxygen atoms in total. The van der Waals surface area contributed by atoms with Gasteiger partial charge in [-0.15, -0.1) is 0 Å². The molecule has 0 aliphatic heterocycles. The largest absolute Gasteiger partial charge is 0.466 e. The van der Waals surface area contributed by atoms with Crippen LogP contribution in [-0.4, -0.2) is 47.4 Å². The van der Waals surface area contributed by atoms with Crippen molar-refractivity contribution in [2.45, 2.75) is 398 Å². The molecule has 74 heavy (non-hydrogen) atoms. The van der Waals surface area contributed by atoms with E-state index in [2.05, 4.69) is 31.3 Å². The van der Waals surface area contributed by atoms with Crippen LogP contribution < -0.4 is 5.32 Å². The second kappa shape index (κ2) is 64.1. The number of nitrogens with one attached hydrogen (secondary N) is 1. The second-order valence-electron chi connectivity index (χ2n) is 23.5. The third-order valence-corrected chi connectivity index (χ3v) is 16.1. The molecular formula is C68H133NO5. The van der Waals surface area contributed by atoms with E-state index in [1.165, 1.54) is 302 Å². The Hall–Kier alpha value is -1.40. The van der Waals surface area contributed by atoms with Crippen molar-refractivity contribution in [1.82, 2.24) is 5.32 Å². The van der Waals surface area contributed by atoms with Crippen molar-refractivity contribution >= 4 is 11.9 Å². The number of esters is 1. The maximum Gasteiger partial charge on any atom is 0.305 e. The highest BCUT2D eigenvalue weighted by atomic mass is 16.5. The highest BCUT2D eigenvalue weighted by molar-refractivity contribution is 5.76. The lowest BCUT2D eigenvalue weighted by molar-refractivity contribution is -0.143. The van der Waals surface area contributed by atoms with Gasteiger partial charge in [0.05, 0.1) is 25.4 Å². The molecule has 1 amide bonds. The number of hydrogen-bond donors (Lipinski definition) is 3. The molecule has 0 saturated carbocycles. The lowest BCUT2D eigenvalue weighted by Crippen LogP contribution is -2.45. The van der Waals surface area contributed by atoms with E-state index in [1.54, 1.807) is 0 Å². The Kier molecular flexibility index (Phi) is 62.9. The minimum Gasteiger partial charge on any atom is -0.466 e. The summed E-state index contributed by atoms with van der Waals surface area (Å²) < 4.78 is 5.48. The van der Waals surface area contributed by atoms with Crippen LogP contribution in [0.1, 0.15) is 386 Å². The molecule has 0 heterocycles. The van der Waals surface area contributed by atoms with Crippen molar-refractivity contribution in [1.29, 1.82) is 0 Å². The summed E-state index contributed by atoms with van der Waals surface area (Å²) in [5.41, 5.74) is 0. The number of carbonyl (C=O) groups excluding carboxylic acids is 2. The number of carbonyl (C=O) groups is 2. The summed E-state index contributed by atoms with van der Waals surface area (Å²) in [6.45, 7) is 4.97. The first-order valence-corrected chi connectivity index (χ1v) is 33.9. The zero-order valence-corrected chi connectivity index (χ0v) is 50.4. The molecule has 0 rings (SSSR count). The van der Waals surface area contributed by atoms with Crippen LogP contribution in [0.25, 0.3) is 0 Å². The molecule has 0 fully saturated rings. The van der Waals surface area contributed by atoms with Crippen molar-refractivity contribution < 1.29 is 24.5 Å². The van der Waals surface area contributed by atoms with Gasteiger partial charge in [0.2, 0.25) is 5.91 Å². The number of allylic oxidation sites excluding steroid dienone is 2. The number of amides is 1. The summed E-state index contributed by atoms with van der Waals surface area (Å²) in [5, 5.41) is 23.4. The standard InChI is InChI=1S/C68H133NO5/c1-3-5-7-9-11-13-15-17-19-20-21-22-23-24-25-26-27-29-33-36-40-44-48-52-56-60-66(71)65(64-70)69-67(72)61-57-53-49-45-41-37-34-30-28-31-35-39-43-47-51-55-59-63-74-68(73)62-58-54-50-46-42-38-32-18-16-14-12-10-8-6-4-2/h28,31,65-66,70-71H,3-27,29-30,32-64H2,1-2H3,(H,69,72)/b31-28-. The number of hydrogen-bond acceptors (Lipinski definition) is 5. The van der Waals surface area contributed by atoms with Crippen LogP contribution in [0.2, 0.25) is 0 Å². The normalized spacial score (nSPS) is 12.5. The topological polar surface area (TPSA) is 95.9 Å². The van der Waals surface area contributed by atoms with Crippen LogP contribution in [-0.2, 0) is 14.3 Å². The number of ether oxygens (including phenoxy) is 1. The van der Waals surface area contributed by atoms with Crippen molar-refractivity contribution in [2.24, 2.45) is 0 Å². The molecule has 0 aromatic carbocycles. The van der Waals surface area contributed by atoms with Crippen molar-refractivity contribution in [2.75, 3.05) is 13.2 Å². The average molecular weight is 1040 g/mol. The molecule has 440 valence electrons. The molecule has 0 aromatic rings. The Bertz CT molecular complexity index is 1110. The molecule has 0 bridgehead atoms. The smallest absolute Gasteiger partial charge is 0.305 e. The Morgan fingerprint density at radius 2 is 0.635 bits per heavy atom. The third kappa shape index (κ3) is 59.8. The molecule has 0 radical (unpaired) electrons. The van der Waals surface area contributed by atoms with Gasteiger partial charge in [0.25, 0.3) is 0 Å². The van der Waals surface area contributed by atoms with Gasteiger partial charge >= 0.3 is 5.97 Å². The maximum atomic E-state index is 12.5. The molecule has 2 atom stereocenters. The Labute approximate surface area is 463 Å². The highest BCUT2D eigenvalue weighted by Gasteiger charge is 2.20. The lowest BCUT2D eigenvalue weighted by Gasteiger charge is -2.22. The van der Waals surface area contributed by atoms with E-state index in [1.807, 2.05) is 0 Å². The van der Waals surface area contributed by atoms with Gasteiger partial charge in [-0.25, -0.2) is 0 Å². The summed E-state index contributed by atoms with van der Waals surface area (Å²) in [6, 6.07) is -0.551. The molecule has 3 N–H and O–H groups in total. The predicted molar refractivity (Wildman–Crippen MR) is 324 cm³/mol. The second-order valence-corrected chi connectivity index (χ2v) is 23.5. The first-order chi connectivity index (χ1) is 36.5. The van der Waals surface area contributed by atoms with E-state index in [9.17, 15) is 19.8 Å². The monoisotopic (exact) mass is 1040 g/mol. The molecular weight excluding hydrogens is 911 g/mol. The van der Waals surface area contributed by atoms with E-state index in [0.717, 1.165) is 51.4 Å². The van der Waals surface area contributed by atoms with E-state index < -0.39 is 12.1 Å². The Balaban J connectivity index is 3.43. The van der Waals surface area contributed by atoms with Crippen LogP contribution in [0.4, 0.5) is 0 Å². The first kappa shape index (κ1) is 72.6. The van der Waals surface area contributed by atoms with Gasteiger partial charge in [-0.1, -0.05) is 334 Å². The van der Waals surface area contributed by atoms with E-state index >= 15 is 0 Å². The molecule has 6 heteroatoms. The number of unbranched alkanes of at least 4 members (excludes halogenated alkanes) is 51. The van der Waals surface area contributed by atoms with Crippen molar-refractivity contribution in [3.8, 4) is 0 Å². The third-order valence-electron chi connectivity index (χ3n) is 16.1. The summed E-state index contributed by atoms with van der Waals surface area (Å²) in [4.78, 5) is 24.6. The molecule has 2 unspecified atom stereocenters. The molecule has 0 spiro atoms. The van der Waals surface area contributed by atoms with E-state index in [4.69, 9.17) is 4.74 Å². The molecule has 0 saturated heterocycles. The first-order valence-electron chi connectivity index (χ1n) is 33.9. The molecule has 0 aliphatic carbocycles. The van der Waals surface area contributed by atoms with Crippen LogP contribution in [0.15, 0.2) is 12.2 Å². The van der Waals surface area contributed by atoms with Crippen LogP contribution in [0.3, 0.4) is 0 Å². The van der Waals surface area contributed by atoms with Crippen LogP contribution >= 0.6 is 0 Å². The number of aliphatic hydroxyl groups excluding tert-OH is 2.